The molecular formula is C11H16F4N2O3S. The van der Waals surface area contributed by atoms with Crippen molar-refractivity contribution in [2.75, 3.05) is 6.54 Å². The van der Waals surface area contributed by atoms with Gasteiger partial charge in [0.15, 0.2) is 16.9 Å². The standard InChI is InChI=1S/C11H16F4N2O3S/c1-3-16-9-17-5-4(12)6(18)7(20-8(5)21-9)10(2,19)11(13,14)15/h4-8,18-19H,3H2,1-2H3,(H,16,17)/t4-,5-,6+,7+,8-,10-/m1/s1. The Morgan fingerprint density at radius 3 is 2.57 bits per heavy atom. The molecule has 0 spiro atoms. The first-order valence-corrected chi connectivity index (χ1v) is 7.22. The number of thioether (sulfide) groups is 1. The van der Waals surface area contributed by atoms with E-state index in [4.69, 9.17) is 4.74 Å². The van der Waals surface area contributed by atoms with Crippen molar-refractivity contribution in [3.8, 4) is 0 Å². The van der Waals surface area contributed by atoms with Gasteiger partial charge >= 0.3 is 6.18 Å². The van der Waals surface area contributed by atoms with Crippen LogP contribution >= 0.6 is 11.8 Å². The molecule has 2 aliphatic rings. The summed E-state index contributed by atoms with van der Waals surface area (Å²) >= 11 is 0.943. The Kier molecular flexibility index (Phi) is 4.45. The van der Waals surface area contributed by atoms with Gasteiger partial charge in [-0.3, -0.25) is 4.99 Å². The number of rotatable bonds is 2. The fourth-order valence-corrected chi connectivity index (χ4v) is 3.40. The summed E-state index contributed by atoms with van der Waals surface area (Å²) < 4.78 is 57.8. The number of halogens is 4. The van der Waals surface area contributed by atoms with Crippen molar-refractivity contribution in [1.82, 2.24) is 5.32 Å². The molecule has 21 heavy (non-hydrogen) atoms. The summed E-state index contributed by atoms with van der Waals surface area (Å²) in [5.74, 6) is 0. The van der Waals surface area contributed by atoms with E-state index < -0.39 is 41.6 Å². The van der Waals surface area contributed by atoms with Crippen LogP contribution in [0.1, 0.15) is 13.8 Å². The highest BCUT2D eigenvalue weighted by molar-refractivity contribution is 8.14. The van der Waals surface area contributed by atoms with Crippen LogP contribution in [0.2, 0.25) is 0 Å². The monoisotopic (exact) mass is 332 g/mol. The van der Waals surface area contributed by atoms with E-state index in [2.05, 4.69) is 10.3 Å². The lowest BCUT2D eigenvalue weighted by Crippen LogP contribution is -2.66. The molecule has 2 saturated heterocycles. The summed E-state index contributed by atoms with van der Waals surface area (Å²) in [4.78, 5) is 4.00. The molecule has 6 atom stereocenters. The highest BCUT2D eigenvalue weighted by Gasteiger charge is 2.63. The van der Waals surface area contributed by atoms with Crippen molar-refractivity contribution in [3.05, 3.63) is 0 Å². The van der Waals surface area contributed by atoms with E-state index in [0.717, 1.165) is 11.8 Å². The van der Waals surface area contributed by atoms with Crippen molar-refractivity contribution in [3.63, 3.8) is 0 Å². The Hall–Kier alpha value is -0.580. The highest BCUT2D eigenvalue weighted by atomic mass is 32.2. The number of ether oxygens (including phenoxy) is 1. The summed E-state index contributed by atoms with van der Waals surface area (Å²) in [6.07, 6.45) is -11.3. The number of aliphatic hydroxyl groups excluding tert-OH is 1. The minimum atomic E-state index is -5.05. The van der Waals surface area contributed by atoms with Crippen LogP contribution in [0.15, 0.2) is 4.99 Å². The van der Waals surface area contributed by atoms with Crippen LogP contribution in [-0.2, 0) is 4.74 Å². The molecule has 2 aliphatic heterocycles. The van der Waals surface area contributed by atoms with Crippen molar-refractivity contribution >= 4 is 16.9 Å². The summed E-state index contributed by atoms with van der Waals surface area (Å²) in [7, 11) is 0. The fraction of sp³-hybridized carbons (Fsp3) is 0.909. The number of nitrogens with zero attached hydrogens (tertiary/aromatic N) is 1. The first kappa shape index (κ1) is 16.8. The maximum atomic E-state index is 14.2. The number of fused-ring (bicyclic) bond motifs is 1. The Balaban J connectivity index is 2.24. The van der Waals surface area contributed by atoms with Crippen molar-refractivity contribution in [1.29, 1.82) is 0 Å². The minimum absolute atomic E-state index is 0.342. The third kappa shape index (κ3) is 2.86. The SMILES string of the molecule is CCN=C1N[C@@H]2[C@@H](F)[C@H](O)[C@@H]([C@@](C)(O)C(F)(F)F)O[C@@H]2S1. The first-order valence-electron chi connectivity index (χ1n) is 6.34. The first-order chi connectivity index (χ1) is 9.59. The Morgan fingerprint density at radius 1 is 1.43 bits per heavy atom. The van der Waals surface area contributed by atoms with Gasteiger partial charge in [-0.25, -0.2) is 4.39 Å². The molecule has 122 valence electrons. The fourth-order valence-electron chi connectivity index (χ4n) is 2.23. The third-order valence-electron chi connectivity index (χ3n) is 3.50. The van der Waals surface area contributed by atoms with Crippen molar-refractivity contribution in [2.45, 2.75) is 55.5 Å². The molecule has 0 aromatic rings. The van der Waals surface area contributed by atoms with Gasteiger partial charge in [0.05, 0.1) is 6.04 Å². The smallest absolute Gasteiger partial charge is 0.387 e. The Labute approximate surface area is 122 Å². The summed E-state index contributed by atoms with van der Waals surface area (Å²) in [6.45, 7) is 2.62. The number of hydrogen-bond acceptors (Lipinski definition) is 5. The molecule has 2 heterocycles. The molecule has 0 unspecified atom stereocenters. The minimum Gasteiger partial charge on any atom is -0.387 e. The van der Waals surface area contributed by atoms with Crippen molar-refractivity contribution < 1.29 is 32.5 Å². The molecule has 0 aromatic heterocycles. The average Bonchev–Trinajstić information content (AvgIpc) is 2.75. The molecular weight excluding hydrogens is 316 g/mol. The number of alkyl halides is 4. The molecule has 0 bridgehead atoms. The van der Waals surface area contributed by atoms with Gasteiger partial charge in [-0.15, -0.1) is 0 Å². The maximum absolute atomic E-state index is 14.2. The summed E-state index contributed by atoms with van der Waals surface area (Å²) in [5, 5.41) is 22.4. The second-order valence-electron chi connectivity index (χ2n) is 5.07. The lowest BCUT2D eigenvalue weighted by molar-refractivity contribution is -0.315. The Morgan fingerprint density at radius 2 is 2.05 bits per heavy atom. The normalized spacial score (nSPS) is 41.5. The van der Waals surface area contributed by atoms with Crippen LogP contribution in [0.3, 0.4) is 0 Å². The van der Waals surface area contributed by atoms with E-state index in [9.17, 15) is 27.8 Å². The molecule has 0 saturated carbocycles. The predicted octanol–water partition coefficient (Wildman–Crippen LogP) is 0.804. The number of hydrogen-bond donors (Lipinski definition) is 3. The Bertz CT molecular complexity index is 432. The van der Waals surface area contributed by atoms with Crippen LogP contribution < -0.4 is 5.32 Å². The number of nitrogens with one attached hydrogen (secondary N) is 1. The third-order valence-corrected chi connectivity index (χ3v) is 4.61. The van der Waals surface area contributed by atoms with Crippen LogP contribution in [0, 0.1) is 0 Å². The molecule has 0 radical (unpaired) electrons. The average molecular weight is 332 g/mol. The van der Waals surface area contributed by atoms with Gasteiger partial charge in [0, 0.05) is 6.54 Å². The largest absolute Gasteiger partial charge is 0.419 e. The van der Waals surface area contributed by atoms with E-state index in [-0.39, 0.29) is 0 Å². The maximum Gasteiger partial charge on any atom is 0.419 e. The molecule has 10 heteroatoms. The zero-order valence-corrected chi connectivity index (χ0v) is 12.1. The van der Waals surface area contributed by atoms with Gasteiger partial charge in [-0.1, -0.05) is 11.8 Å². The van der Waals surface area contributed by atoms with Crippen molar-refractivity contribution in [2.24, 2.45) is 4.99 Å². The van der Waals surface area contributed by atoms with E-state index >= 15 is 0 Å². The van der Waals surface area contributed by atoms with E-state index in [0.29, 0.717) is 18.6 Å². The number of aliphatic hydroxyl groups is 2. The topological polar surface area (TPSA) is 74.1 Å². The van der Waals surface area contributed by atoms with Crippen LogP contribution in [0.25, 0.3) is 0 Å². The van der Waals surface area contributed by atoms with Gasteiger partial charge in [0.1, 0.15) is 17.6 Å². The molecule has 2 rings (SSSR count). The zero-order valence-electron chi connectivity index (χ0n) is 11.3. The van der Waals surface area contributed by atoms with E-state index in [1.54, 1.807) is 6.92 Å². The lowest BCUT2D eigenvalue weighted by atomic mass is 9.87. The molecule has 5 nitrogen and oxygen atoms in total. The molecule has 0 aromatic carbocycles. The van der Waals surface area contributed by atoms with E-state index in [1.165, 1.54) is 0 Å². The number of aliphatic imine (C=N–C) groups is 1. The summed E-state index contributed by atoms with van der Waals surface area (Å²) in [6, 6.07) is -1.00. The highest BCUT2D eigenvalue weighted by Crippen LogP contribution is 2.43. The van der Waals surface area contributed by atoms with Crippen LogP contribution in [-0.4, -0.2) is 63.6 Å². The molecule has 0 aliphatic carbocycles. The number of amidine groups is 1. The lowest BCUT2D eigenvalue weighted by Gasteiger charge is -2.44. The van der Waals surface area contributed by atoms with Gasteiger partial charge in [0.25, 0.3) is 0 Å². The molecule has 2 fully saturated rings. The quantitative estimate of drug-likeness (QED) is 0.653. The molecule has 0 amide bonds. The second-order valence-corrected chi connectivity index (χ2v) is 6.16. The van der Waals surface area contributed by atoms with Gasteiger partial charge in [0.2, 0.25) is 0 Å². The van der Waals surface area contributed by atoms with Gasteiger partial charge in [-0.2, -0.15) is 13.2 Å². The van der Waals surface area contributed by atoms with Crippen LogP contribution in [0.4, 0.5) is 17.6 Å². The second kappa shape index (κ2) is 5.56. The van der Waals surface area contributed by atoms with Crippen LogP contribution in [0.5, 0.6) is 0 Å². The summed E-state index contributed by atoms with van der Waals surface area (Å²) in [5.41, 5.74) is -4.35. The molecule has 3 N–H and O–H groups in total. The predicted molar refractivity (Wildman–Crippen MR) is 68.7 cm³/mol. The van der Waals surface area contributed by atoms with E-state index in [1.807, 2.05) is 0 Å². The van der Waals surface area contributed by atoms with Gasteiger partial charge < -0.3 is 20.3 Å². The van der Waals surface area contributed by atoms with Gasteiger partial charge in [-0.05, 0) is 13.8 Å². The zero-order chi connectivity index (χ0) is 16.0.